The molecule has 0 aliphatic heterocycles. The molecule has 72 valence electrons. The molecular weight excluding hydrogens is 180 g/mol. The molecule has 0 saturated heterocycles. The van der Waals surface area contributed by atoms with E-state index in [1.165, 1.54) is 6.92 Å². The maximum Gasteiger partial charge on any atom is 0.163 e. The molecule has 0 aliphatic carbocycles. The Balaban J connectivity index is 2.80. The molecule has 0 radical (unpaired) electrons. The molecule has 1 N–H and O–H groups in total. The molecule has 0 bridgehead atoms. The third kappa shape index (κ3) is 1.18. The number of fused-ring (bicyclic) bond motifs is 1. The van der Waals surface area contributed by atoms with Crippen molar-refractivity contribution < 1.29 is 14.3 Å². The molecule has 0 fully saturated rings. The topological polar surface area (TPSA) is 50.4 Å². The minimum absolute atomic E-state index is 0.00634. The van der Waals surface area contributed by atoms with Crippen LogP contribution in [0.3, 0.4) is 0 Å². The highest BCUT2D eigenvalue weighted by atomic mass is 16.3. The third-order valence-corrected chi connectivity index (χ3v) is 2.17. The number of Topliss-reactive ketones (excluding diaryl/α,β-unsaturated/α-hetero) is 1. The van der Waals surface area contributed by atoms with E-state index in [1.54, 1.807) is 25.1 Å². The standard InChI is InChI=1S/C11H10O3/c1-6-5-9-10(14-6)4-3-8(7(2)12)11(9)13/h3-5,13H,1-2H3. The van der Waals surface area contributed by atoms with E-state index in [0.29, 0.717) is 16.5 Å². The van der Waals surface area contributed by atoms with Crippen LogP contribution in [0.5, 0.6) is 5.75 Å². The number of benzene rings is 1. The maximum absolute atomic E-state index is 11.1. The first-order valence-corrected chi connectivity index (χ1v) is 4.32. The monoisotopic (exact) mass is 190 g/mol. The number of hydrogen-bond acceptors (Lipinski definition) is 3. The molecule has 14 heavy (non-hydrogen) atoms. The molecular formula is C11H10O3. The van der Waals surface area contributed by atoms with Gasteiger partial charge in [0, 0.05) is 0 Å². The largest absolute Gasteiger partial charge is 0.506 e. The SMILES string of the molecule is CC(=O)c1ccc2oc(C)cc2c1O. The van der Waals surface area contributed by atoms with E-state index in [4.69, 9.17) is 4.42 Å². The van der Waals surface area contributed by atoms with E-state index >= 15 is 0 Å². The number of ketones is 1. The van der Waals surface area contributed by atoms with Crippen molar-refractivity contribution in [2.24, 2.45) is 0 Å². The van der Waals surface area contributed by atoms with Crippen molar-refractivity contribution in [3.63, 3.8) is 0 Å². The molecule has 0 saturated carbocycles. The summed E-state index contributed by atoms with van der Waals surface area (Å²) in [6, 6.07) is 4.98. The van der Waals surface area contributed by atoms with Crippen LogP contribution in [0.1, 0.15) is 23.0 Å². The summed E-state index contributed by atoms with van der Waals surface area (Å²) >= 11 is 0. The normalized spacial score (nSPS) is 10.7. The van der Waals surface area contributed by atoms with Gasteiger partial charge in [0.15, 0.2) is 5.78 Å². The summed E-state index contributed by atoms with van der Waals surface area (Å²) < 4.78 is 5.31. The summed E-state index contributed by atoms with van der Waals surface area (Å²) in [5, 5.41) is 10.3. The van der Waals surface area contributed by atoms with Crippen LogP contribution in [0.2, 0.25) is 0 Å². The van der Waals surface area contributed by atoms with E-state index in [2.05, 4.69) is 0 Å². The first-order chi connectivity index (χ1) is 6.59. The summed E-state index contributed by atoms with van der Waals surface area (Å²) in [7, 11) is 0. The van der Waals surface area contributed by atoms with E-state index in [0.717, 1.165) is 5.76 Å². The second-order valence-electron chi connectivity index (χ2n) is 3.29. The van der Waals surface area contributed by atoms with Gasteiger partial charge in [0.05, 0.1) is 10.9 Å². The smallest absolute Gasteiger partial charge is 0.163 e. The number of rotatable bonds is 1. The van der Waals surface area contributed by atoms with Gasteiger partial charge in [0.1, 0.15) is 17.1 Å². The summed E-state index contributed by atoms with van der Waals surface area (Å²) in [4.78, 5) is 11.1. The lowest BCUT2D eigenvalue weighted by Gasteiger charge is -1.99. The van der Waals surface area contributed by atoms with Gasteiger partial charge < -0.3 is 9.52 Å². The quantitative estimate of drug-likeness (QED) is 0.703. The Bertz CT molecular complexity index is 508. The van der Waals surface area contributed by atoms with Crippen molar-refractivity contribution in [1.29, 1.82) is 0 Å². The fourth-order valence-corrected chi connectivity index (χ4v) is 1.51. The number of hydrogen-bond donors (Lipinski definition) is 1. The second kappa shape index (κ2) is 2.87. The zero-order valence-electron chi connectivity index (χ0n) is 8.00. The molecule has 3 nitrogen and oxygen atoms in total. The Morgan fingerprint density at radius 3 is 2.79 bits per heavy atom. The van der Waals surface area contributed by atoms with E-state index in [9.17, 15) is 9.90 Å². The number of furan rings is 1. The summed E-state index contributed by atoms with van der Waals surface area (Å²) in [6.45, 7) is 3.22. The predicted molar refractivity (Wildman–Crippen MR) is 52.6 cm³/mol. The third-order valence-electron chi connectivity index (χ3n) is 2.17. The van der Waals surface area contributed by atoms with Crippen LogP contribution in [0.15, 0.2) is 22.6 Å². The van der Waals surface area contributed by atoms with Gasteiger partial charge in [-0.25, -0.2) is 0 Å². The van der Waals surface area contributed by atoms with Crippen molar-refractivity contribution in [3.8, 4) is 5.75 Å². The van der Waals surface area contributed by atoms with Gasteiger partial charge in [-0.3, -0.25) is 4.79 Å². The summed E-state index contributed by atoms with van der Waals surface area (Å²) in [5.74, 6) is 0.575. The lowest BCUT2D eigenvalue weighted by atomic mass is 10.1. The number of aromatic hydroxyl groups is 1. The highest BCUT2D eigenvalue weighted by Crippen LogP contribution is 2.31. The molecule has 1 heterocycles. The summed E-state index contributed by atoms with van der Waals surface area (Å²) in [6.07, 6.45) is 0. The molecule has 1 aromatic heterocycles. The molecule has 3 heteroatoms. The Labute approximate surface area is 81.0 Å². The molecule has 0 unspecified atom stereocenters. The van der Waals surface area contributed by atoms with Crippen molar-refractivity contribution in [1.82, 2.24) is 0 Å². The molecule has 2 aromatic rings. The fraction of sp³-hybridized carbons (Fsp3) is 0.182. The van der Waals surface area contributed by atoms with Crippen molar-refractivity contribution >= 4 is 16.8 Å². The van der Waals surface area contributed by atoms with E-state index in [-0.39, 0.29) is 11.5 Å². The maximum atomic E-state index is 11.1. The zero-order chi connectivity index (χ0) is 10.3. The Kier molecular flexibility index (Phi) is 1.81. The van der Waals surface area contributed by atoms with E-state index < -0.39 is 0 Å². The molecule has 0 aliphatic rings. The number of aryl methyl sites for hydroxylation is 1. The van der Waals surface area contributed by atoms with Gasteiger partial charge in [-0.2, -0.15) is 0 Å². The van der Waals surface area contributed by atoms with Crippen LogP contribution >= 0.6 is 0 Å². The number of carbonyl (C=O) groups excluding carboxylic acids is 1. The number of carbonyl (C=O) groups is 1. The van der Waals surface area contributed by atoms with Gasteiger partial charge >= 0.3 is 0 Å². The highest BCUT2D eigenvalue weighted by Gasteiger charge is 2.12. The van der Waals surface area contributed by atoms with Gasteiger partial charge in [-0.1, -0.05) is 0 Å². The molecule has 2 rings (SSSR count). The lowest BCUT2D eigenvalue weighted by Crippen LogP contribution is -1.91. The van der Waals surface area contributed by atoms with Gasteiger partial charge in [0.2, 0.25) is 0 Å². The zero-order valence-corrected chi connectivity index (χ0v) is 8.00. The van der Waals surface area contributed by atoms with Crippen LogP contribution in [-0.2, 0) is 0 Å². The van der Waals surface area contributed by atoms with Crippen molar-refractivity contribution in [2.45, 2.75) is 13.8 Å². The number of phenolic OH excluding ortho intramolecular Hbond substituents is 1. The summed E-state index contributed by atoms with van der Waals surface area (Å²) in [5.41, 5.74) is 0.934. The van der Waals surface area contributed by atoms with Gasteiger partial charge in [0.25, 0.3) is 0 Å². The van der Waals surface area contributed by atoms with Gasteiger partial charge in [-0.15, -0.1) is 0 Å². The lowest BCUT2D eigenvalue weighted by molar-refractivity contribution is 0.101. The minimum Gasteiger partial charge on any atom is -0.506 e. The van der Waals surface area contributed by atoms with Crippen LogP contribution in [-0.4, -0.2) is 10.9 Å². The molecule has 0 spiro atoms. The average Bonchev–Trinajstić information content (AvgIpc) is 2.46. The fourth-order valence-electron chi connectivity index (χ4n) is 1.51. The first-order valence-electron chi connectivity index (χ1n) is 4.32. The van der Waals surface area contributed by atoms with Crippen LogP contribution in [0.25, 0.3) is 11.0 Å². The van der Waals surface area contributed by atoms with Crippen molar-refractivity contribution in [2.75, 3.05) is 0 Å². The molecule has 1 aromatic carbocycles. The Morgan fingerprint density at radius 1 is 1.43 bits per heavy atom. The van der Waals surface area contributed by atoms with Crippen LogP contribution in [0.4, 0.5) is 0 Å². The first kappa shape index (κ1) is 8.81. The Hall–Kier alpha value is -1.77. The van der Waals surface area contributed by atoms with Crippen molar-refractivity contribution in [3.05, 3.63) is 29.5 Å². The van der Waals surface area contributed by atoms with Crippen LogP contribution in [0, 0.1) is 6.92 Å². The highest BCUT2D eigenvalue weighted by molar-refractivity contribution is 6.02. The second-order valence-corrected chi connectivity index (χ2v) is 3.29. The average molecular weight is 190 g/mol. The van der Waals surface area contributed by atoms with E-state index in [1.807, 2.05) is 0 Å². The van der Waals surface area contributed by atoms with Crippen LogP contribution < -0.4 is 0 Å². The Morgan fingerprint density at radius 2 is 2.14 bits per heavy atom. The number of phenols is 1. The van der Waals surface area contributed by atoms with Gasteiger partial charge in [-0.05, 0) is 32.0 Å². The molecule has 0 atom stereocenters. The predicted octanol–water partition coefficient (Wildman–Crippen LogP) is 2.65. The molecule has 0 amide bonds. The minimum atomic E-state index is -0.150.